The van der Waals surface area contributed by atoms with E-state index in [1.54, 1.807) is 20.8 Å². The normalized spacial score (nSPS) is 35.9. The van der Waals surface area contributed by atoms with Crippen LogP contribution in [0.4, 0.5) is 0 Å². The topological polar surface area (TPSA) is 81.7 Å². The van der Waals surface area contributed by atoms with Crippen LogP contribution in [0.3, 0.4) is 0 Å². The molecule has 8 heteroatoms. The second-order valence-corrected chi connectivity index (χ2v) is 8.83. The maximum Gasteiger partial charge on any atom is 0.311 e. The number of ether oxygens (including phenoxy) is 5. The summed E-state index contributed by atoms with van der Waals surface area (Å²) in [5, 5.41) is 0. The van der Waals surface area contributed by atoms with Gasteiger partial charge in [0, 0.05) is 13.0 Å². The molecule has 2 fully saturated rings. The molecular formula is C19H34O8. The third-order valence-electron chi connectivity index (χ3n) is 4.88. The standard InChI is InChI=1S/C19H34O8/c1-11(2)19(21-8)15(24-16(20)17(3,4)5)14-13(26-18(6,7)27-14)12(25-19)10-23-22-9/h11-15H,10H2,1-9H3/t12-,13+,14+,15-,19-/m1/s1. The highest BCUT2D eigenvalue weighted by Gasteiger charge is 2.64. The van der Waals surface area contributed by atoms with E-state index in [1.165, 1.54) is 14.2 Å². The van der Waals surface area contributed by atoms with Crippen LogP contribution in [0.5, 0.6) is 0 Å². The van der Waals surface area contributed by atoms with Crippen molar-refractivity contribution in [3.63, 3.8) is 0 Å². The molecule has 2 aliphatic heterocycles. The third kappa shape index (κ3) is 4.46. The molecule has 2 aliphatic rings. The minimum Gasteiger partial charge on any atom is -0.453 e. The van der Waals surface area contributed by atoms with Crippen molar-refractivity contribution in [2.45, 2.75) is 84.5 Å². The smallest absolute Gasteiger partial charge is 0.311 e. The molecule has 0 amide bonds. The van der Waals surface area contributed by atoms with Crippen molar-refractivity contribution in [3.8, 4) is 0 Å². The van der Waals surface area contributed by atoms with Crippen LogP contribution in [0.15, 0.2) is 0 Å². The summed E-state index contributed by atoms with van der Waals surface area (Å²) >= 11 is 0. The number of hydrogen-bond donors (Lipinski definition) is 0. The van der Waals surface area contributed by atoms with Crippen LogP contribution in [-0.2, 0) is 38.3 Å². The number of carbonyl (C=O) groups excluding carboxylic acids is 1. The fraction of sp³-hybridized carbons (Fsp3) is 0.947. The van der Waals surface area contributed by atoms with E-state index in [-0.39, 0.29) is 18.5 Å². The first-order valence-electron chi connectivity index (χ1n) is 9.33. The van der Waals surface area contributed by atoms with Crippen LogP contribution >= 0.6 is 0 Å². The second kappa shape index (κ2) is 7.93. The Morgan fingerprint density at radius 3 is 2.15 bits per heavy atom. The third-order valence-corrected chi connectivity index (χ3v) is 4.88. The van der Waals surface area contributed by atoms with E-state index >= 15 is 0 Å². The molecular weight excluding hydrogens is 356 g/mol. The van der Waals surface area contributed by atoms with Crippen LogP contribution in [0.2, 0.25) is 0 Å². The van der Waals surface area contributed by atoms with Crippen LogP contribution in [0.25, 0.3) is 0 Å². The molecule has 0 radical (unpaired) electrons. The van der Waals surface area contributed by atoms with Gasteiger partial charge in [0.1, 0.15) is 24.9 Å². The monoisotopic (exact) mass is 390 g/mol. The van der Waals surface area contributed by atoms with Gasteiger partial charge in [-0.15, -0.1) is 0 Å². The molecule has 2 rings (SSSR count). The lowest BCUT2D eigenvalue weighted by atomic mass is 9.85. The van der Waals surface area contributed by atoms with Crippen LogP contribution in [0.1, 0.15) is 48.5 Å². The molecule has 0 bridgehead atoms. The first-order chi connectivity index (χ1) is 12.4. The molecule has 0 aliphatic carbocycles. The van der Waals surface area contributed by atoms with Crippen LogP contribution in [0, 0.1) is 11.3 Å². The van der Waals surface area contributed by atoms with Gasteiger partial charge in [0.2, 0.25) is 5.79 Å². The predicted molar refractivity (Wildman–Crippen MR) is 95.6 cm³/mol. The molecule has 0 aromatic carbocycles. The minimum atomic E-state index is -1.21. The highest BCUT2D eigenvalue weighted by atomic mass is 17.2. The van der Waals surface area contributed by atoms with E-state index in [0.29, 0.717) is 0 Å². The molecule has 8 nitrogen and oxygen atoms in total. The van der Waals surface area contributed by atoms with Gasteiger partial charge in [-0.1, -0.05) is 13.8 Å². The minimum absolute atomic E-state index is 0.120. The lowest BCUT2D eigenvalue weighted by Gasteiger charge is -2.50. The Kier molecular flexibility index (Phi) is 6.61. The summed E-state index contributed by atoms with van der Waals surface area (Å²) < 4.78 is 30.2. The van der Waals surface area contributed by atoms with E-state index in [4.69, 9.17) is 33.5 Å². The van der Waals surface area contributed by atoms with Crippen LogP contribution < -0.4 is 0 Å². The van der Waals surface area contributed by atoms with Gasteiger partial charge in [0.05, 0.1) is 12.5 Å². The number of carbonyl (C=O) groups is 1. The Morgan fingerprint density at radius 2 is 1.67 bits per heavy atom. The Morgan fingerprint density at radius 1 is 1.07 bits per heavy atom. The van der Waals surface area contributed by atoms with Gasteiger partial charge >= 0.3 is 5.97 Å². The van der Waals surface area contributed by atoms with Gasteiger partial charge < -0.3 is 23.7 Å². The summed E-state index contributed by atoms with van der Waals surface area (Å²) in [5.41, 5.74) is -0.684. The largest absolute Gasteiger partial charge is 0.453 e. The molecule has 0 aromatic heterocycles. The van der Waals surface area contributed by atoms with Gasteiger partial charge in [-0.05, 0) is 34.6 Å². The van der Waals surface area contributed by atoms with Gasteiger partial charge in [-0.2, -0.15) is 0 Å². The van der Waals surface area contributed by atoms with E-state index in [1.807, 2.05) is 27.7 Å². The highest BCUT2D eigenvalue weighted by Crippen LogP contribution is 2.46. The fourth-order valence-corrected chi connectivity index (χ4v) is 3.51. The number of rotatable bonds is 6. The molecule has 2 saturated heterocycles. The van der Waals surface area contributed by atoms with Crippen molar-refractivity contribution >= 4 is 5.97 Å². The van der Waals surface area contributed by atoms with E-state index < -0.39 is 41.4 Å². The van der Waals surface area contributed by atoms with Crippen molar-refractivity contribution in [2.75, 3.05) is 20.8 Å². The molecule has 27 heavy (non-hydrogen) atoms. The van der Waals surface area contributed by atoms with Gasteiger partial charge in [0.25, 0.3) is 0 Å². The summed E-state index contributed by atoms with van der Waals surface area (Å²) in [6.07, 6.45) is -2.41. The summed E-state index contributed by atoms with van der Waals surface area (Å²) in [6, 6.07) is 0. The van der Waals surface area contributed by atoms with Crippen LogP contribution in [-0.4, -0.2) is 62.8 Å². The van der Waals surface area contributed by atoms with Crippen molar-refractivity contribution in [2.24, 2.45) is 11.3 Å². The average molecular weight is 390 g/mol. The van der Waals surface area contributed by atoms with Crippen molar-refractivity contribution in [1.82, 2.24) is 0 Å². The van der Waals surface area contributed by atoms with Gasteiger partial charge in [-0.25, -0.2) is 9.78 Å². The molecule has 5 atom stereocenters. The Labute approximate surface area is 161 Å². The summed E-state index contributed by atoms with van der Waals surface area (Å²) in [4.78, 5) is 22.5. The highest BCUT2D eigenvalue weighted by molar-refractivity contribution is 5.75. The number of fused-ring (bicyclic) bond motifs is 1. The van der Waals surface area contributed by atoms with Crippen molar-refractivity contribution in [1.29, 1.82) is 0 Å². The number of hydrogen-bond acceptors (Lipinski definition) is 8. The predicted octanol–water partition coefficient (Wildman–Crippen LogP) is 2.44. The zero-order valence-electron chi connectivity index (χ0n) is 17.9. The molecule has 0 N–H and O–H groups in total. The maximum atomic E-state index is 12.7. The summed E-state index contributed by atoms with van der Waals surface area (Å²) in [5.74, 6) is -2.58. The molecule has 0 spiro atoms. The Balaban J connectivity index is 2.44. The quantitative estimate of drug-likeness (QED) is 0.389. The van der Waals surface area contributed by atoms with E-state index in [0.717, 1.165) is 0 Å². The lowest BCUT2D eigenvalue weighted by molar-refractivity contribution is -0.380. The first-order valence-corrected chi connectivity index (χ1v) is 9.33. The number of esters is 1. The Hall–Kier alpha value is -0.770. The van der Waals surface area contributed by atoms with E-state index in [2.05, 4.69) is 0 Å². The molecule has 158 valence electrons. The molecule has 0 saturated carbocycles. The van der Waals surface area contributed by atoms with Gasteiger partial charge in [0.15, 0.2) is 11.9 Å². The summed E-state index contributed by atoms with van der Waals surface area (Å²) in [6.45, 7) is 13.0. The van der Waals surface area contributed by atoms with E-state index in [9.17, 15) is 4.79 Å². The number of methoxy groups -OCH3 is 1. The van der Waals surface area contributed by atoms with Gasteiger partial charge in [-0.3, -0.25) is 4.79 Å². The van der Waals surface area contributed by atoms with Crippen molar-refractivity contribution < 1.29 is 38.3 Å². The zero-order valence-corrected chi connectivity index (χ0v) is 17.9. The maximum absolute atomic E-state index is 12.7. The molecule has 0 aromatic rings. The van der Waals surface area contributed by atoms with Crippen molar-refractivity contribution in [3.05, 3.63) is 0 Å². The first kappa shape index (κ1) is 22.5. The molecule has 2 heterocycles. The SMILES string of the molecule is COOC[C@H]1O[C@](OC)(C(C)C)[C@H](OC(=O)C(C)(C)C)[C@H]2OC(C)(C)O[C@H]21. The zero-order chi connectivity index (χ0) is 20.6. The summed E-state index contributed by atoms with van der Waals surface area (Å²) in [7, 11) is 2.96. The fourth-order valence-electron chi connectivity index (χ4n) is 3.51. The second-order valence-electron chi connectivity index (χ2n) is 8.83. The average Bonchev–Trinajstić information content (AvgIpc) is 2.88. The Bertz CT molecular complexity index is 526. The lowest BCUT2D eigenvalue weighted by Crippen LogP contribution is -2.68. The molecule has 0 unspecified atom stereocenters.